The zero-order chi connectivity index (χ0) is 6.85. The van der Waals surface area contributed by atoms with E-state index >= 15 is 0 Å². The molecular formula is C7H8FI. The Kier molecular flexibility index (Phi) is 2.27. The van der Waals surface area contributed by atoms with E-state index in [-0.39, 0.29) is 5.83 Å². The maximum atomic E-state index is 12.6. The molecule has 0 amide bonds. The third kappa shape index (κ3) is 1.78. The van der Waals surface area contributed by atoms with Gasteiger partial charge in [0.2, 0.25) is 0 Å². The Hall–Kier alpha value is 0.140. The smallest absolute Gasteiger partial charge is 0.132 e. The molecule has 0 bridgehead atoms. The molecule has 0 saturated heterocycles. The summed E-state index contributed by atoms with van der Waals surface area (Å²) in [7, 11) is 0. The summed E-state index contributed by atoms with van der Waals surface area (Å²) >= 11 is 2.05. The van der Waals surface area contributed by atoms with Gasteiger partial charge in [-0.1, -0.05) is 5.57 Å². The summed E-state index contributed by atoms with van der Waals surface area (Å²) in [6.45, 7) is 1.96. The van der Waals surface area contributed by atoms with Crippen LogP contribution in [0.2, 0.25) is 0 Å². The number of rotatable bonds is 0. The first kappa shape index (κ1) is 7.25. The van der Waals surface area contributed by atoms with Gasteiger partial charge in [0.1, 0.15) is 5.83 Å². The van der Waals surface area contributed by atoms with Crippen molar-refractivity contribution >= 4 is 22.6 Å². The number of allylic oxidation sites excluding steroid dienone is 4. The molecule has 0 nitrogen and oxygen atoms in total. The fourth-order valence-corrected chi connectivity index (χ4v) is 1.22. The minimum atomic E-state index is -0.0423. The van der Waals surface area contributed by atoms with Crippen LogP contribution in [-0.2, 0) is 0 Å². The highest BCUT2D eigenvalue weighted by molar-refractivity contribution is 14.1. The molecule has 0 spiro atoms. The summed E-state index contributed by atoms with van der Waals surface area (Å²) in [5, 5.41) is 0. The average Bonchev–Trinajstić information content (AvgIpc) is 1.80. The third-order valence-electron chi connectivity index (χ3n) is 1.37. The van der Waals surface area contributed by atoms with Gasteiger partial charge < -0.3 is 0 Å². The summed E-state index contributed by atoms with van der Waals surface area (Å²) in [6.07, 6.45) is 3.52. The molecule has 0 aromatic carbocycles. The molecular weight excluding hydrogens is 230 g/mol. The van der Waals surface area contributed by atoms with E-state index in [9.17, 15) is 4.39 Å². The third-order valence-corrected chi connectivity index (χ3v) is 2.43. The van der Waals surface area contributed by atoms with Crippen molar-refractivity contribution in [3.63, 3.8) is 0 Å². The largest absolute Gasteiger partial charge is 0.206 e. The molecule has 0 aliphatic heterocycles. The van der Waals surface area contributed by atoms with Gasteiger partial charge in [-0.3, -0.25) is 0 Å². The normalized spacial score (nSPS) is 20.1. The summed E-state index contributed by atoms with van der Waals surface area (Å²) in [4.78, 5) is 0. The molecule has 9 heavy (non-hydrogen) atoms. The van der Waals surface area contributed by atoms with Crippen LogP contribution in [0.3, 0.4) is 0 Å². The number of hydrogen-bond acceptors (Lipinski definition) is 0. The molecule has 2 heteroatoms. The average molecular weight is 238 g/mol. The Morgan fingerprint density at radius 2 is 2.22 bits per heavy atom. The summed E-state index contributed by atoms with van der Waals surface area (Å²) in [6, 6.07) is 0. The van der Waals surface area contributed by atoms with E-state index in [0.29, 0.717) is 0 Å². The minimum Gasteiger partial charge on any atom is -0.206 e. The van der Waals surface area contributed by atoms with E-state index in [2.05, 4.69) is 22.6 Å². The first-order valence-corrected chi connectivity index (χ1v) is 3.99. The number of halogens is 2. The van der Waals surface area contributed by atoms with Crippen molar-refractivity contribution in [1.82, 2.24) is 0 Å². The first-order valence-electron chi connectivity index (χ1n) is 2.91. The predicted molar refractivity (Wildman–Crippen MR) is 45.1 cm³/mol. The molecule has 1 rings (SSSR count). The Balaban J connectivity index is 2.83. The highest BCUT2D eigenvalue weighted by Gasteiger charge is 2.06. The van der Waals surface area contributed by atoms with Crippen molar-refractivity contribution < 1.29 is 4.39 Å². The van der Waals surface area contributed by atoms with Crippen LogP contribution < -0.4 is 0 Å². The van der Waals surface area contributed by atoms with Crippen LogP contribution in [0, 0.1) is 0 Å². The van der Waals surface area contributed by atoms with Crippen LogP contribution in [0.4, 0.5) is 4.39 Å². The van der Waals surface area contributed by atoms with Crippen molar-refractivity contribution in [3.05, 3.63) is 21.1 Å². The van der Waals surface area contributed by atoms with Crippen LogP contribution in [0.25, 0.3) is 0 Å². The van der Waals surface area contributed by atoms with Crippen LogP contribution in [-0.4, -0.2) is 0 Å². The monoisotopic (exact) mass is 238 g/mol. The van der Waals surface area contributed by atoms with Crippen LogP contribution >= 0.6 is 22.6 Å². The Bertz CT molecular complexity index is 179. The molecule has 0 radical (unpaired) electrons. The molecule has 0 fully saturated rings. The van der Waals surface area contributed by atoms with Gasteiger partial charge in [0.15, 0.2) is 0 Å². The van der Waals surface area contributed by atoms with E-state index in [0.717, 1.165) is 22.0 Å². The molecule has 0 heterocycles. The van der Waals surface area contributed by atoms with Crippen molar-refractivity contribution in [2.75, 3.05) is 0 Å². The molecule has 1 aliphatic rings. The highest BCUT2D eigenvalue weighted by atomic mass is 127. The summed E-state index contributed by atoms with van der Waals surface area (Å²) in [5.41, 5.74) is 1.15. The van der Waals surface area contributed by atoms with Crippen molar-refractivity contribution in [2.24, 2.45) is 0 Å². The fraction of sp³-hybridized carbons (Fsp3) is 0.429. The maximum Gasteiger partial charge on any atom is 0.132 e. The van der Waals surface area contributed by atoms with Crippen molar-refractivity contribution in [3.8, 4) is 0 Å². The van der Waals surface area contributed by atoms with Gasteiger partial charge in [-0.2, -0.15) is 0 Å². The fourth-order valence-electron chi connectivity index (χ4n) is 0.793. The SMILES string of the molecule is CC1=CC(F)=C(I)CC1. The van der Waals surface area contributed by atoms with E-state index in [1.165, 1.54) is 0 Å². The topological polar surface area (TPSA) is 0 Å². The molecule has 0 unspecified atom stereocenters. The molecule has 0 saturated carbocycles. The van der Waals surface area contributed by atoms with Gasteiger partial charge in [-0.05, 0) is 48.4 Å². The van der Waals surface area contributed by atoms with Crippen molar-refractivity contribution in [1.29, 1.82) is 0 Å². The lowest BCUT2D eigenvalue weighted by Gasteiger charge is -2.07. The van der Waals surface area contributed by atoms with Gasteiger partial charge in [-0.25, -0.2) is 4.39 Å². The predicted octanol–water partition coefficient (Wildman–Crippen LogP) is 3.34. The molecule has 0 aromatic heterocycles. The second-order valence-corrected chi connectivity index (χ2v) is 3.55. The lowest BCUT2D eigenvalue weighted by Crippen LogP contribution is -1.88. The number of hydrogen-bond donors (Lipinski definition) is 0. The Morgan fingerprint density at radius 1 is 1.56 bits per heavy atom. The lowest BCUT2D eigenvalue weighted by molar-refractivity contribution is 0.646. The second kappa shape index (κ2) is 2.82. The van der Waals surface area contributed by atoms with E-state index < -0.39 is 0 Å². The molecule has 0 aromatic rings. The zero-order valence-electron chi connectivity index (χ0n) is 5.25. The van der Waals surface area contributed by atoms with Crippen molar-refractivity contribution in [2.45, 2.75) is 19.8 Å². The maximum absolute atomic E-state index is 12.6. The highest BCUT2D eigenvalue weighted by Crippen LogP contribution is 2.28. The minimum absolute atomic E-state index is 0.0423. The Labute approximate surface area is 68.0 Å². The zero-order valence-corrected chi connectivity index (χ0v) is 7.40. The Morgan fingerprint density at radius 3 is 2.67 bits per heavy atom. The van der Waals surface area contributed by atoms with Gasteiger partial charge in [0.25, 0.3) is 0 Å². The van der Waals surface area contributed by atoms with Gasteiger partial charge >= 0.3 is 0 Å². The van der Waals surface area contributed by atoms with E-state index in [1.807, 2.05) is 6.92 Å². The van der Waals surface area contributed by atoms with E-state index in [4.69, 9.17) is 0 Å². The van der Waals surface area contributed by atoms with Crippen LogP contribution in [0.1, 0.15) is 19.8 Å². The van der Waals surface area contributed by atoms with Gasteiger partial charge in [0.05, 0.1) is 0 Å². The van der Waals surface area contributed by atoms with Crippen LogP contribution in [0.5, 0.6) is 0 Å². The van der Waals surface area contributed by atoms with E-state index in [1.54, 1.807) is 6.08 Å². The lowest BCUT2D eigenvalue weighted by atomic mass is 10.1. The summed E-state index contributed by atoms with van der Waals surface area (Å²) < 4.78 is 13.5. The quantitative estimate of drug-likeness (QED) is 0.567. The molecule has 1 aliphatic carbocycles. The first-order chi connectivity index (χ1) is 4.20. The summed E-state index contributed by atoms with van der Waals surface area (Å²) in [5.74, 6) is -0.0423. The van der Waals surface area contributed by atoms with Gasteiger partial charge in [0, 0.05) is 3.58 Å². The standard InChI is InChI=1S/C7H8FI/c1-5-2-3-7(9)6(8)4-5/h4H,2-3H2,1H3. The molecule has 50 valence electrons. The van der Waals surface area contributed by atoms with Gasteiger partial charge in [-0.15, -0.1) is 0 Å². The second-order valence-electron chi connectivity index (χ2n) is 2.24. The van der Waals surface area contributed by atoms with Crippen LogP contribution in [0.15, 0.2) is 21.1 Å². The molecule has 0 atom stereocenters. The molecule has 0 N–H and O–H groups in total.